The van der Waals surface area contributed by atoms with Crippen molar-refractivity contribution in [3.8, 4) is 0 Å². The number of thioether (sulfide) groups is 1. The molecule has 0 spiro atoms. The molecule has 2 aliphatic rings. The number of fused-ring (bicyclic) bond motifs is 1. The Bertz CT molecular complexity index is 897. The fraction of sp³-hybridized carbons (Fsp3) is 0.429. The van der Waals surface area contributed by atoms with Crippen LogP contribution in [0.1, 0.15) is 45.1 Å². The summed E-state index contributed by atoms with van der Waals surface area (Å²) in [6.07, 6.45) is 4.24. The average Bonchev–Trinajstić information content (AvgIpc) is 3.12. The van der Waals surface area contributed by atoms with E-state index in [9.17, 15) is 14.4 Å². The van der Waals surface area contributed by atoms with E-state index in [1.165, 1.54) is 16.7 Å². The van der Waals surface area contributed by atoms with Crippen LogP contribution < -0.4 is 10.6 Å². The van der Waals surface area contributed by atoms with Crippen LogP contribution in [0.25, 0.3) is 5.57 Å². The van der Waals surface area contributed by atoms with E-state index in [-0.39, 0.29) is 18.4 Å². The van der Waals surface area contributed by atoms with Gasteiger partial charge in [0.05, 0.1) is 16.2 Å². The SMILES string of the molecule is CCCCC(CC)CN1C(=O)/C(=C2/C(=O)N(CC(N)=O)c3ccccc32)SC1=S. The molecule has 1 aromatic rings. The topological polar surface area (TPSA) is 83.7 Å². The van der Waals surface area contributed by atoms with Crippen molar-refractivity contribution in [1.82, 2.24) is 4.90 Å². The number of anilines is 1. The summed E-state index contributed by atoms with van der Waals surface area (Å²) in [4.78, 5) is 41.1. The first-order valence-electron chi connectivity index (χ1n) is 9.86. The van der Waals surface area contributed by atoms with Crippen LogP contribution in [0.4, 0.5) is 5.69 Å². The lowest BCUT2D eigenvalue weighted by atomic mass is 9.98. The normalized spacial score (nSPS) is 19.9. The molecule has 0 bridgehead atoms. The first kappa shape index (κ1) is 21.5. The van der Waals surface area contributed by atoms with Crippen molar-refractivity contribution in [3.05, 3.63) is 34.7 Å². The van der Waals surface area contributed by atoms with E-state index in [2.05, 4.69) is 13.8 Å². The minimum atomic E-state index is -0.608. The predicted molar refractivity (Wildman–Crippen MR) is 120 cm³/mol. The van der Waals surface area contributed by atoms with Gasteiger partial charge in [0, 0.05) is 12.1 Å². The first-order valence-corrected chi connectivity index (χ1v) is 11.1. The molecule has 1 atom stereocenters. The molecule has 154 valence electrons. The Balaban J connectivity index is 1.95. The van der Waals surface area contributed by atoms with Gasteiger partial charge in [-0.1, -0.05) is 75.3 Å². The largest absolute Gasteiger partial charge is 0.368 e. The summed E-state index contributed by atoms with van der Waals surface area (Å²) < 4.78 is 0.478. The lowest BCUT2D eigenvalue weighted by molar-refractivity contribution is -0.123. The number of para-hydroxylation sites is 1. The number of carbonyl (C=O) groups is 3. The lowest BCUT2D eigenvalue weighted by Gasteiger charge is -2.21. The maximum atomic E-state index is 13.2. The van der Waals surface area contributed by atoms with Crippen LogP contribution in [-0.4, -0.2) is 40.0 Å². The quantitative estimate of drug-likeness (QED) is 0.504. The van der Waals surface area contributed by atoms with Crippen LogP contribution in [0.2, 0.25) is 0 Å². The third-order valence-corrected chi connectivity index (χ3v) is 6.75. The molecule has 0 aliphatic carbocycles. The Hall–Kier alpha value is -2.19. The van der Waals surface area contributed by atoms with Crippen molar-refractivity contribution < 1.29 is 14.4 Å². The smallest absolute Gasteiger partial charge is 0.267 e. The lowest BCUT2D eigenvalue weighted by Crippen LogP contribution is -2.36. The molecule has 0 radical (unpaired) electrons. The molecule has 1 unspecified atom stereocenters. The molecule has 29 heavy (non-hydrogen) atoms. The molecule has 0 aromatic heterocycles. The standard InChI is InChI=1S/C21H25N3O3S2/c1-3-5-8-13(4-2)11-24-20(27)18(29-21(24)28)17-14-9-6-7-10-15(14)23(19(17)26)12-16(22)25/h6-7,9-10,13H,3-5,8,11-12H2,1-2H3,(H2,22,25)/b18-17-. The van der Waals surface area contributed by atoms with Gasteiger partial charge in [-0.25, -0.2) is 0 Å². The van der Waals surface area contributed by atoms with Gasteiger partial charge in [0.25, 0.3) is 11.8 Å². The number of hydrogen-bond donors (Lipinski definition) is 1. The highest BCUT2D eigenvalue weighted by atomic mass is 32.2. The maximum Gasteiger partial charge on any atom is 0.267 e. The van der Waals surface area contributed by atoms with E-state index in [0.29, 0.717) is 38.5 Å². The highest BCUT2D eigenvalue weighted by Gasteiger charge is 2.42. The van der Waals surface area contributed by atoms with E-state index in [4.69, 9.17) is 18.0 Å². The zero-order valence-electron chi connectivity index (χ0n) is 16.6. The van der Waals surface area contributed by atoms with Gasteiger partial charge in [-0.3, -0.25) is 24.2 Å². The van der Waals surface area contributed by atoms with Gasteiger partial charge < -0.3 is 5.73 Å². The highest BCUT2D eigenvalue weighted by Crippen LogP contribution is 2.44. The van der Waals surface area contributed by atoms with E-state index in [1.807, 2.05) is 0 Å². The van der Waals surface area contributed by atoms with E-state index >= 15 is 0 Å². The molecule has 6 nitrogen and oxygen atoms in total. The predicted octanol–water partition coefficient (Wildman–Crippen LogP) is 3.31. The number of benzene rings is 1. The van der Waals surface area contributed by atoms with Gasteiger partial charge in [-0.05, 0) is 18.4 Å². The Labute approximate surface area is 180 Å². The zero-order chi connectivity index (χ0) is 21.1. The molecule has 1 aromatic carbocycles. The van der Waals surface area contributed by atoms with E-state index in [0.717, 1.165) is 25.7 Å². The third kappa shape index (κ3) is 4.23. The van der Waals surface area contributed by atoms with E-state index in [1.54, 1.807) is 29.2 Å². The second-order valence-electron chi connectivity index (χ2n) is 7.28. The van der Waals surface area contributed by atoms with E-state index < -0.39 is 5.91 Å². The fourth-order valence-corrected chi connectivity index (χ4v) is 5.04. The van der Waals surface area contributed by atoms with Gasteiger partial charge in [-0.15, -0.1) is 0 Å². The Morgan fingerprint density at radius 1 is 1.17 bits per heavy atom. The summed E-state index contributed by atoms with van der Waals surface area (Å²) in [6, 6.07) is 7.13. The number of nitrogens with zero attached hydrogens (tertiary/aromatic N) is 2. The molecule has 2 aliphatic heterocycles. The number of thiocarbonyl (C=S) groups is 1. The van der Waals surface area contributed by atoms with Gasteiger partial charge in [0.1, 0.15) is 10.9 Å². The molecular formula is C21H25N3O3S2. The second kappa shape index (κ2) is 9.09. The van der Waals surface area contributed by atoms with Crippen LogP contribution in [-0.2, 0) is 14.4 Å². The maximum absolute atomic E-state index is 13.2. The second-order valence-corrected chi connectivity index (χ2v) is 8.92. The molecule has 3 rings (SSSR count). The fourth-order valence-electron chi connectivity index (χ4n) is 3.69. The number of primary amides is 1. The average molecular weight is 432 g/mol. The van der Waals surface area contributed by atoms with Crippen LogP contribution in [0.5, 0.6) is 0 Å². The summed E-state index contributed by atoms with van der Waals surface area (Å²) in [5.74, 6) is -0.846. The summed E-state index contributed by atoms with van der Waals surface area (Å²) in [7, 11) is 0. The molecular weight excluding hydrogens is 406 g/mol. The first-order chi connectivity index (χ1) is 13.9. The molecule has 2 heterocycles. The molecule has 1 saturated heterocycles. The van der Waals surface area contributed by atoms with Crippen molar-refractivity contribution >= 4 is 57.3 Å². The summed E-state index contributed by atoms with van der Waals surface area (Å²) in [6.45, 7) is 4.61. The van der Waals surface area contributed by atoms with Gasteiger partial charge >= 0.3 is 0 Å². The Kier molecular flexibility index (Phi) is 6.74. The highest BCUT2D eigenvalue weighted by molar-refractivity contribution is 8.26. The Morgan fingerprint density at radius 2 is 1.90 bits per heavy atom. The monoisotopic (exact) mass is 431 g/mol. The summed E-state index contributed by atoms with van der Waals surface area (Å²) in [5.41, 5.74) is 6.86. The molecule has 1 fully saturated rings. The zero-order valence-corrected chi connectivity index (χ0v) is 18.3. The summed E-state index contributed by atoms with van der Waals surface area (Å²) in [5, 5.41) is 0. The molecule has 8 heteroatoms. The number of rotatable bonds is 8. The third-order valence-electron chi connectivity index (χ3n) is 5.30. The molecule has 2 N–H and O–H groups in total. The van der Waals surface area contributed by atoms with Crippen LogP contribution in [0, 0.1) is 5.92 Å². The Morgan fingerprint density at radius 3 is 2.55 bits per heavy atom. The van der Waals surface area contributed by atoms with Gasteiger partial charge in [0.2, 0.25) is 5.91 Å². The van der Waals surface area contributed by atoms with Crippen LogP contribution >= 0.6 is 24.0 Å². The van der Waals surface area contributed by atoms with Crippen LogP contribution in [0.3, 0.4) is 0 Å². The molecule has 0 saturated carbocycles. The number of unbranched alkanes of at least 4 members (excludes halogenated alkanes) is 1. The van der Waals surface area contributed by atoms with Crippen molar-refractivity contribution in [2.24, 2.45) is 11.7 Å². The number of carbonyl (C=O) groups excluding carboxylic acids is 3. The number of amides is 3. The number of nitrogens with two attached hydrogens (primary N) is 1. The minimum absolute atomic E-state index is 0.228. The van der Waals surface area contributed by atoms with Gasteiger partial charge in [-0.2, -0.15) is 0 Å². The van der Waals surface area contributed by atoms with Crippen molar-refractivity contribution in [2.45, 2.75) is 39.5 Å². The number of hydrogen-bond acceptors (Lipinski definition) is 5. The summed E-state index contributed by atoms with van der Waals surface area (Å²) >= 11 is 6.65. The van der Waals surface area contributed by atoms with Crippen molar-refractivity contribution in [1.29, 1.82) is 0 Å². The van der Waals surface area contributed by atoms with Crippen molar-refractivity contribution in [3.63, 3.8) is 0 Å². The van der Waals surface area contributed by atoms with Crippen molar-refractivity contribution in [2.75, 3.05) is 18.0 Å². The minimum Gasteiger partial charge on any atom is -0.368 e. The van der Waals surface area contributed by atoms with Crippen LogP contribution in [0.15, 0.2) is 29.2 Å². The molecule has 3 amide bonds. The van der Waals surface area contributed by atoms with Gasteiger partial charge in [0.15, 0.2) is 0 Å².